The molecule has 0 bridgehead atoms. The molecule has 4 rings (SSSR count). The minimum atomic E-state index is -0.353. The first-order valence-electron chi connectivity index (χ1n) is 10.1. The highest BCUT2D eigenvalue weighted by Gasteiger charge is 2.24. The molecule has 162 valence electrons. The number of fused-ring (bicyclic) bond motifs is 1. The molecule has 2 aromatic rings. The van der Waals surface area contributed by atoms with E-state index in [2.05, 4.69) is 5.16 Å². The molecule has 0 amide bonds. The molecule has 0 atom stereocenters. The van der Waals surface area contributed by atoms with Crippen molar-refractivity contribution in [2.45, 2.75) is 13.3 Å². The molecule has 2 aromatic carbocycles. The molecule has 0 unspecified atom stereocenters. The average molecular weight is 431 g/mol. The summed E-state index contributed by atoms with van der Waals surface area (Å²) >= 11 is 0. The monoisotopic (exact) mass is 431 g/mol. The van der Waals surface area contributed by atoms with E-state index in [1.54, 1.807) is 25.1 Å². The summed E-state index contributed by atoms with van der Waals surface area (Å²) in [5.74, 6) is -0.297. The smallest absolute Gasteiger partial charge is 0.310 e. The minimum absolute atomic E-state index is 0.131. The van der Waals surface area contributed by atoms with Gasteiger partial charge < -0.3 is 19.1 Å². The first kappa shape index (κ1) is 21.1. The van der Waals surface area contributed by atoms with Crippen LogP contribution >= 0.6 is 0 Å². The van der Waals surface area contributed by atoms with Gasteiger partial charge in [0.2, 0.25) is 0 Å². The zero-order chi connectivity index (χ0) is 22.7. The number of ether oxygens (including phenoxy) is 2. The van der Waals surface area contributed by atoms with Crippen LogP contribution in [0.5, 0.6) is 11.5 Å². The first-order chi connectivity index (χ1) is 15.5. The number of esters is 1. The van der Waals surface area contributed by atoms with E-state index in [0.29, 0.717) is 29.2 Å². The molecule has 32 heavy (non-hydrogen) atoms. The van der Waals surface area contributed by atoms with Crippen molar-refractivity contribution >= 4 is 11.8 Å². The fraction of sp³-hybridized carbons (Fsp3) is 0.160. The van der Waals surface area contributed by atoms with Crippen molar-refractivity contribution in [2.24, 2.45) is 0 Å². The molecule has 0 saturated heterocycles. The highest BCUT2D eigenvalue weighted by Crippen LogP contribution is 2.37. The van der Waals surface area contributed by atoms with E-state index in [-0.39, 0.29) is 29.5 Å². The second-order valence-electron chi connectivity index (χ2n) is 7.13. The van der Waals surface area contributed by atoms with Gasteiger partial charge in [-0.05, 0) is 36.8 Å². The van der Waals surface area contributed by atoms with Crippen LogP contribution in [0.25, 0.3) is 22.4 Å². The third-order valence-corrected chi connectivity index (χ3v) is 5.14. The second kappa shape index (κ2) is 8.93. The van der Waals surface area contributed by atoms with Gasteiger partial charge in [-0.1, -0.05) is 35.5 Å². The molecule has 1 aliphatic carbocycles. The van der Waals surface area contributed by atoms with E-state index < -0.39 is 0 Å². The molecule has 7 heteroatoms. The zero-order valence-corrected chi connectivity index (χ0v) is 17.6. The van der Waals surface area contributed by atoms with E-state index in [4.69, 9.17) is 14.0 Å². The van der Waals surface area contributed by atoms with Crippen LogP contribution < -0.4 is 4.74 Å². The number of rotatable bonds is 7. The van der Waals surface area contributed by atoms with Crippen molar-refractivity contribution in [3.63, 3.8) is 0 Å². The van der Waals surface area contributed by atoms with Crippen LogP contribution in [-0.2, 0) is 16.0 Å². The summed E-state index contributed by atoms with van der Waals surface area (Å²) in [4.78, 5) is 24.8. The summed E-state index contributed by atoms with van der Waals surface area (Å²) in [6, 6.07) is 15.3. The Bertz CT molecular complexity index is 1240. The standard InChI is InChI=1S/C25H21NO6/c1-3-31-23(28)12-15-4-6-16(7-5-15)24-18-9-10-19(21(18)14-32-26-24)25(29)20-13-17(30-2)8-11-22(20)27/h4-11,13-14,27H,3,12H2,1-2H3. The Balaban J connectivity index is 1.64. The summed E-state index contributed by atoms with van der Waals surface area (Å²) < 4.78 is 15.4. The second-order valence-corrected chi connectivity index (χ2v) is 7.13. The molecule has 0 fully saturated rings. The molecular formula is C25H21NO6. The zero-order valence-electron chi connectivity index (χ0n) is 17.6. The Morgan fingerprint density at radius 3 is 2.50 bits per heavy atom. The van der Waals surface area contributed by atoms with Gasteiger partial charge in [0, 0.05) is 22.3 Å². The number of carbonyl (C=O) groups is 2. The summed E-state index contributed by atoms with van der Waals surface area (Å²) in [6.45, 7) is 2.11. The number of phenols is 1. The first-order valence-corrected chi connectivity index (χ1v) is 10.1. The third kappa shape index (κ3) is 4.05. The number of phenolic OH excluding ortho intramolecular Hbond substituents is 1. The number of nitrogens with zero attached hydrogens (tertiary/aromatic N) is 1. The number of hydrogen-bond donors (Lipinski definition) is 1. The van der Waals surface area contributed by atoms with Crippen molar-refractivity contribution in [3.8, 4) is 33.9 Å². The summed E-state index contributed by atoms with van der Waals surface area (Å²) in [7, 11) is 1.49. The molecule has 0 aromatic heterocycles. The Morgan fingerprint density at radius 1 is 1.00 bits per heavy atom. The topological polar surface area (TPSA) is 98.9 Å². The summed E-state index contributed by atoms with van der Waals surface area (Å²) in [5.41, 5.74) is 4.01. The van der Waals surface area contributed by atoms with E-state index in [1.807, 2.05) is 24.3 Å². The molecule has 0 radical (unpaired) electrons. The summed E-state index contributed by atoms with van der Waals surface area (Å²) in [6.07, 6.45) is 1.60. The number of methoxy groups -OCH3 is 1. The van der Waals surface area contributed by atoms with Gasteiger partial charge in [-0.25, -0.2) is 0 Å². The van der Waals surface area contributed by atoms with Crippen molar-refractivity contribution in [1.82, 2.24) is 5.16 Å². The van der Waals surface area contributed by atoms with Crippen molar-refractivity contribution in [1.29, 1.82) is 0 Å². The van der Waals surface area contributed by atoms with Crippen molar-refractivity contribution < 1.29 is 28.7 Å². The lowest BCUT2D eigenvalue weighted by atomic mass is 9.97. The molecule has 7 nitrogen and oxygen atoms in total. The van der Waals surface area contributed by atoms with Gasteiger partial charge in [0.05, 0.1) is 25.7 Å². The maximum atomic E-state index is 13.1. The number of benzene rings is 2. The van der Waals surface area contributed by atoms with Gasteiger partial charge in [-0.2, -0.15) is 0 Å². The van der Waals surface area contributed by atoms with Gasteiger partial charge in [0.25, 0.3) is 0 Å². The van der Waals surface area contributed by atoms with E-state index in [1.165, 1.54) is 25.5 Å². The lowest BCUT2D eigenvalue weighted by Crippen LogP contribution is -2.07. The lowest BCUT2D eigenvalue weighted by Gasteiger charge is -2.10. The maximum absolute atomic E-state index is 13.1. The normalized spacial score (nSPS) is 10.8. The van der Waals surface area contributed by atoms with Gasteiger partial charge in [0.15, 0.2) is 5.78 Å². The van der Waals surface area contributed by atoms with Crippen LogP contribution in [0.3, 0.4) is 0 Å². The van der Waals surface area contributed by atoms with E-state index in [0.717, 1.165) is 16.7 Å². The molecule has 1 aliphatic heterocycles. The minimum Gasteiger partial charge on any atom is -0.507 e. The Kier molecular flexibility index (Phi) is 5.89. The van der Waals surface area contributed by atoms with Crippen LogP contribution in [0.4, 0.5) is 0 Å². The van der Waals surface area contributed by atoms with Crippen molar-refractivity contribution in [3.05, 3.63) is 77.6 Å². The number of aromatic hydroxyl groups is 1. The average Bonchev–Trinajstić information content (AvgIpc) is 3.24. The fourth-order valence-electron chi connectivity index (χ4n) is 3.54. The highest BCUT2D eigenvalue weighted by atomic mass is 16.5. The van der Waals surface area contributed by atoms with Gasteiger partial charge in [0.1, 0.15) is 23.5 Å². The van der Waals surface area contributed by atoms with Crippen LogP contribution in [0.15, 0.2) is 65.4 Å². The number of carbonyl (C=O) groups excluding carboxylic acids is 2. The molecule has 1 heterocycles. The Hall–Kier alpha value is -4.13. The van der Waals surface area contributed by atoms with Crippen LogP contribution in [0, 0.1) is 0 Å². The SMILES string of the molecule is CCOC(=O)Cc1ccc(-c2nocc3c(C(=O)c4cc(OC)ccc4O)ccc2-3)cc1. The molecule has 2 aliphatic rings. The quantitative estimate of drug-likeness (QED) is 0.340. The van der Waals surface area contributed by atoms with Crippen LogP contribution in [0.1, 0.15) is 28.4 Å². The summed E-state index contributed by atoms with van der Waals surface area (Å²) in [5, 5.41) is 14.3. The third-order valence-electron chi connectivity index (χ3n) is 5.14. The number of aromatic nitrogens is 1. The van der Waals surface area contributed by atoms with E-state index >= 15 is 0 Å². The Morgan fingerprint density at radius 2 is 1.78 bits per heavy atom. The predicted octanol–water partition coefficient (Wildman–Crippen LogP) is 4.50. The molecule has 1 N–H and O–H groups in total. The van der Waals surface area contributed by atoms with Crippen LogP contribution in [-0.4, -0.2) is 35.7 Å². The number of hydrogen-bond acceptors (Lipinski definition) is 7. The largest absolute Gasteiger partial charge is 0.507 e. The van der Waals surface area contributed by atoms with Crippen molar-refractivity contribution in [2.75, 3.05) is 13.7 Å². The molecular weight excluding hydrogens is 410 g/mol. The predicted molar refractivity (Wildman–Crippen MR) is 117 cm³/mol. The van der Waals surface area contributed by atoms with Gasteiger partial charge >= 0.3 is 5.97 Å². The highest BCUT2D eigenvalue weighted by molar-refractivity contribution is 6.15. The molecule has 0 saturated carbocycles. The Labute approximate surface area is 184 Å². The number of ketones is 1. The fourth-order valence-corrected chi connectivity index (χ4v) is 3.54. The van der Waals surface area contributed by atoms with Crippen LogP contribution in [0.2, 0.25) is 0 Å². The van der Waals surface area contributed by atoms with Gasteiger partial charge in [-0.15, -0.1) is 0 Å². The lowest BCUT2D eigenvalue weighted by molar-refractivity contribution is -0.142. The maximum Gasteiger partial charge on any atom is 0.310 e. The van der Waals surface area contributed by atoms with E-state index in [9.17, 15) is 14.7 Å². The van der Waals surface area contributed by atoms with Gasteiger partial charge in [-0.3, -0.25) is 9.59 Å². The molecule has 0 spiro atoms.